The first-order valence-electron chi connectivity index (χ1n) is 11.0. The Morgan fingerprint density at radius 3 is 2.41 bits per heavy atom. The molecule has 1 aliphatic heterocycles. The Bertz CT molecular complexity index is 1060. The van der Waals surface area contributed by atoms with Crippen molar-refractivity contribution in [3.05, 3.63) is 60.3 Å². The van der Waals surface area contributed by atoms with Crippen LogP contribution in [0.25, 0.3) is 16.9 Å². The van der Waals surface area contributed by atoms with Crippen LogP contribution in [-0.4, -0.2) is 72.4 Å². The van der Waals surface area contributed by atoms with E-state index in [2.05, 4.69) is 11.8 Å². The van der Waals surface area contributed by atoms with Gasteiger partial charge in [0.05, 0.1) is 25.5 Å². The number of carbonyl (C=O) groups is 1. The minimum absolute atomic E-state index is 0.0109. The Morgan fingerprint density at radius 1 is 1.00 bits per heavy atom. The maximum absolute atomic E-state index is 13.6. The zero-order valence-electron chi connectivity index (χ0n) is 19.0. The number of ether oxygens (including phenoxy) is 2. The molecular formula is C25H30N4O3. The van der Waals surface area contributed by atoms with Gasteiger partial charge in [0.1, 0.15) is 17.2 Å². The van der Waals surface area contributed by atoms with Crippen LogP contribution in [0.3, 0.4) is 0 Å². The summed E-state index contributed by atoms with van der Waals surface area (Å²) in [4.78, 5) is 18.0. The van der Waals surface area contributed by atoms with Crippen molar-refractivity contribution in [2.75, 3.05) is 46.9 Å². The minimum atomic E-state index is -0.0109. The van der Waals surface area contributed by atoms with E-state index < -0.39 is 0 Å². The van der Waals surface area contributed by atoms with Gasteiger partial charge in [-0.25, -0.2) is 4.68 Å². The lowest BCUT2D eigenvalue weighted by molar-refractivity contribution is 0.0638. The highest BCUT2D eigenvalue weighted by molar-refractivity contribution is 6.00. The quantitative estimate of drug-likeness (QED) is 0.567. The zero-order valence-corrected chi connectivity index (χ0v) is 19.0. The highest BCUT2D eigenvalue weighted by Crippen LogP contribution is 2.35. The lowest BCUT2D eigenvalue weighted by Crippen LogP contribution is -2.48. The molecule has 0 bridgehead atoms. The fourth-order valence-electron chi connectivity index (χ4n) is 4.10. The molecule has 0 N–H and O–H groups in total. The molecule has 0 radical (unpaired) electrons. The number of aromatic nitrogens is 2. The summed E-state index contributed by atoms with van der Waals surface area (Å²) < 4.78 is 12.8. The van der Waals surface area contributed by atoms with Gasteiger partial charge in [-0.2, -0.15) is 5.10 Å². The van der Waals surface area contributed by atoms with Gasteiger partial charge in [-0.1, -0.05) is 25.1 Å². The Morgan fingerprint density at radius 2 is 1.75 bits per heavy atom. The average molecular weight is 435 g/mol. The number of benzene rings is 2. The van der Waals surface area contributed by atoms with E-state index in [1.807, 2.05) is 59.6 Å². The van der Waals surface area contributed by atoms with Gasteiger partial charge in [0.25, 0.3) is 5.91 Å². The molecule has 7 heteroatoms. The fourth-order valence-corrected chi connectivity index (χ4v) is 4.10. The first-order chi connectivity index (χ1) is 15.6. The summed E-state index contributed by atoms with van der Waals surface area (Å²) >= 11 is 0. The second-order valence-corrected chi connectivity index (χ2v) is 7.87. The molecule has 0 unspecified atom stereocenters. The molecule has 1 saturated heterocycles. The lowest BCUT2D eigenvalue weighted by Gasteiger charge is -2.34. The molecule has 32 heavy (non-hydrogen) atoms. The first-order valence-corrected chi connectivity index (χ1v) is 11.0. The van der Waals surface area contributed by atoms with E-state index in [4.69, 9.17) is 14.6 Å². The van der Waals surface area contributed by atoms with Crippen molar-refractivity contribution < 1.29 is 14.3 Å². The number of nitrogens with zero attached hydrogens (tertiary/aromatic N) is 4. The normalized spacial score (nSPS) is 14.4. The fraction of sp³-hybridized carbons (Fsp3) is 0.360. The van der Waals surface area contributed by atoms with Crippen molar-refractivity contribution in [2.45, 2.75) is 13.3 Å². The van der Waals surface area contributed by atoms with Crippen LogP contribution >= 0.6 is 0 Å². The number of amides is 1. The SMILES string of the molecule is CCCN1CCN(C(=O)c2cn(-c3ccccc3)nc2-c2cc(OC)ccc2OC)CC1. The number of hydrogen-bond donors (Lipinski definition) is 0. The smallest absolute Gasteiger partial charge is 0.257 e. The topological polar surface area (TPSA) is 59.8 Å². The third-order valence-electron chi connectivity index (χ3n) is 5.83. The van der Waals surface area contributed by atoms with Crippen molar-refractivity contribution >= 4 is 5.91 Å². The summed E-state index contributed by atoms with van der Waals surface area (Å²) in [6, 6.07) is 15.4. The number of piperazine rings is 1. The van der Waals surface area contributed by atoms with Crippen LogP contribution in [0, 0.1) is 0 Å². The number of methoxy groups -OCH3 is 2. The maximum atomic E-state index is 13.6. The highest BCUT2D eigenvalue weighted by Gasteiger charge is 2.27. The van der Waals surface area contributed by atoms with Crippen LogP contribution in [0.1, 0.15) is 23.7 Å². The average Bonchev–Trinajstić information content (AvgIpc) is 3.30. The highest BCUT2D eigenvalue weighted by atomic mass is 16.5. The molecule has 168 valence electrons. The van der Waals surface area contributed by atoms with Gasteiger partial charge < -0.3 is 14.4 Å². The molecule has 1 fully saturated rings. The van der Waals surface area contributed by atoms with E-state index in [0.29, 0.717) is 35.8 Å². The molecule has 3 aromatic rings. The third kappa shape index (κ3) is 4.48. The molecular weight excluding hydrogens is 404 g/mol. The Labute approximate surface area is 189 Å². The Balaban J connectivity index is 1.75. The Hall–Kier alpha value is -3.32. The Kier molecular flexibility index (Phi) is 6.75. The van der Waals surface area contributed by atoms with E-state index in [9.17, 15) is 4.79 Å². The van der Waals surface area contributed by atoms with Gasteiger partial charge >= 0.3 is 0 Å². The number of carbonyl (C=O) groups excluding carboxylic acids is 1. The van der Waals surface area contributed by atoms with Crippen molar-refractivity contribution in [1.29, 1.82) is 0 Å². The molecule has 4 rings (SSSR count). The van der Waals surface area contributed by atoms with Crippen molar-refractivity contribution in [1.82, 2.24) is 19.6 Å². The summed E-state index contributed by atoms with van der Waals surface area (Å²) in [6.45, 7) is 6.46. The van der Waals surface area contributed by atoms with Gasteiger partial charge in [-0.15, -0.1) is 0 Å². The molecule has 7 nitrogen and oxygen atoms in total. The molecule has 0 spiro atoms. The number of para-hydroxylation sites is 1. The standard InChI is InChI=1S/C25H30N4O3/c1-4-12-27-13-15-28(16-14-27)25(30)22-18-29(19-8-6-5-7-9-19)26-24(22)21-17-20(31-2)10-11-23(21)32-3/h5-11,17-18H,4,12-16H2,1-3H3. The third-order valence-corrected chi connectivity index (χ3v) is 5.83. The van der Waals surface area contributed by atoms with E-state index in [1.54, 1.807) is 18.9 Å². The van der Waals surface area contributed by atoms with Crippen molar-refractivity contribution in [3.63, 3.8) is 0 Å². The van der Waals surface area contributed by atoms with Crippen LogP contribution in [0.15, 0.2) is 54.7 Å². The largest absolute Gasteiger partial charge is 0.497 e. The minimum Gasteiger partial charge on any atom is -0.497 e. The second kappa shape index (κ2) is 9.87. The van der Waals surface area contributed by atoms with Gasteiger partial charge in [-0.05, 0) is 43.3 Å². The number of rotatable bonds is 7. The molecule has 1 aliphatic rings. The summed E-state index contributed by atoms with van der Waals surface area (Å²) in [5, 5.41) is 4.82. The molecule has 0 atom stereocenters. The van der Waals surface area contributed by atoms with Crippen molar-refractivity contribution in [3.8, 4) is 28.4 Å². The molecule has 0 aliphatic carbocycles. The van der Waals surface area contributed by atoms with Gasteiger partial charge in [0, 0.05) is 37.9 Å². The predicted octanol–water partition coefficient (Wildman–Crippen LogP) is 3.72. The van der Waals surface area contributed by atoms with E-state index >= 15 is 0 Å². The first kappa shape index (κ1) is 21.9. The summed E-state index contributed by atoms with van der Waals surface area (Å²) in [6.07, 6.45) is 2.95. The van der Waals surface area contributed by atoms with Crippen molar-refractivity contribution in [2.24, 2.45) is 0 Å². The molecule has 1 aromatic heterocycles. The number of hydrogen-bond acceptors (Lipinski definition) is 5. The monoisotopic (exact) mass is 434 g/mol. The molecule has 1 amide bonds. The second-order valence-electron chi connectivity index (χ2n) is 7.87. The molecule has 2 heterocycles. The summed E-state index contributed by atoms with van der Waals surface area (Å²) in [5.41, 5.74) is 2.77. The maximum Gasteiger partial charge on any atom is 0.257 e. The van der Waals surface area contributed by atoms with Gasteiger partial charge in [0.15, 0.2) is 0 Å². The lowest BCUT2D eigenvalue weighted by atomic mass is 10.1. The predicted molar refractivity (Wildman–Crippen MR) is 125 cm³/mol. The zero-order chi connectivity index (χ0) is 22.5. The van der Waals surface area contributed by atoms with Gasteiger partial charge in [0.2, 0.25) is 0 Å². The van der Waals surface area contributed by atoms with E-state index in [-0.39, 0.29) is 5.91 Å². The molecule has 0 saturated carbocycles. The summed E-state index contributed by atoms with van der Waals surface area (Å²) in [7, 11) is 3.24. The van der Waals surface area contributed by atoms with Crippen LogP contribution in [0.4, 0.5) is 0 Å². The van der Waals surface area contributed by atoms with E-state index in [1.165, 1.54) is 0 Å². The van der Waals surface area contributed by atoms with Gasteiger partial charge in [-0.3, -0.25) is 9.69 Å². The van der Waals surface area contributed by atoms with E-state index in [0.717, 1.165) is 37.3 Å². The van der Waals surface area contributed by atoms with Crippen LogP contribution in [0.2, 0.25) is 0 Å². The van der Waals surface area contributed by atoms with Crippen LogP contribution in [0.5, 0.6) is 11.5 Å². The molecule has 2 aromatic carbocycles. The van der Waals surface area contributed by atoms with Crippen LogP contribution < -0.4 is 9.47 Å². The summed E-state index contributed by atoms with van der Waals surface area (Å²) in [5.74, 6) is 1.32. The van der Waals surface area contributed by atoms with Crippen LogP contribution in [-0.2, 0) is 0 Å².